The third-order valence-electron chi connectivity index (χ3n) is 2.99. The van der Waals surface area contributed by atoms with E-state index in [1.807, 2.05) is 0 Å². The molecule has 0 fully saturated rings. The molecule has 0 spiro atoms. The maximum Gasteiger partial charge on any atom is 0.337 e. The molecule has 3 N–H and O–H groups in total. The van der Waals surface area contributed by atoms with Gasteiger partial charge in [0.1, 0.15) is 5.57 Å². The molecule has 7 nitrogen and oxygen atoms in total. The van der Waals surface area contributed by atoms with Gasteiger partial charge in [-0.25, -0.2) is 10.2 Å². The van der Waals surface area contributed by atoms with Gasteiger partial charge in [-0.1, -0.05) is 0 Å². The van der Waals surface area contributed by atoms with Crippen molar-refractivity contribution in [1.82, 2.24) is 10.4 Å². The summed E-state index contributed by atoms with van der Waals surface area (Å²) in [5.74, 6) is -1.17. The van der Waals surface area contributed by atoms with Crippen molar-refractivity contribution in [1.29, 1.82) is 0 Å². The van der Waals surface area contributed by atoms with Crippen LogP contribution in [-0.2, 0) is 9.53 Å². The number of rotatable bonds is 3. The van der Waals surface area contributed by atoms with Crippen molar-refractivity contribution in [2.45, 2.75) is 20.8 Å². The summed E-state index contributed by atoms with van der Waals surface area (Å²) in [5, 5.41) is 12.9. The predicted molar refractivity (Wildman–Crippen MR) is 72.4 cm³/mol. The number of aromatic carboxylic acids is 1. The summed E-state index contributed by atoms with van der Waals surface area (Å²) in [7, 11) is 0. The third-order valence-corrected chi connectivity index (χ3v) is 2.99. The molecule has 0 atom stereocenters. The summed E-state index contributed by atoms with van der Waals surface area (Å²) in [6.45, 7) is 5.53. The van der Waals surface area contributed by atoms with E-state index in [9.17, 15) is 9.59 Å². The van der Waals surface area contributed by atoms with E-state index < -0.39 is 5.97 Å². The first-order valence-electron chi connectivity index (χ1n) is 6.11. The first-order chi connectivity index (χ1) is 9.45. The van der Waals surface area contributed by atoms with E-state index in [2.05, 4.69) is 15.5 Å². The molecule has 0 saturated carbocycles. The van der Waals surface area contributed by atoms with Crippen LogP contribution in [0.4, 0.5) is 0 Å². The fraction of sp³-hybridized carbons (Fsp3) is 0.308. The van der Waals surface area contributed by atoms with Crippen molar-refractivity contribution >= 4 is 23.9 Å². The maximum absolute atomic E-state index is 11.7. The van der Waals surface area contributed by atoms with Crippen LogP contribution in [0.3, 0.4) is 0 Å². The predicted octanol–water partition coefficient (Wildman–Crippen LogP) is 1.19. The molecule has 0 radical (unpaired) electrons. The van der Waals surface area contributed by atoms with Crippen molar-refractivity contribution in [3.05, 3.63) is 28.1 Å². The highest BCUT2D eigenvalue weighted by atomic mass is 16.5. The van der Waals surface area contributed by atoms with E-state index >= 15 is 0 Å². The maximum atomic E-state index is 11.7. The van der Waals surface area contributed by atoms with Crippen molar-refractivity contribution < 1.29 is 19.4 Å². The zero-order chi connectivity index (χ0) is 14.9. The Bertz CT molecular complexity index is 640. The van der Waals surface area contributed by atoms with E-state index in [-0.39, 0.29) is 22.9 Å². The van der Waals surface area contributed by atoms with Crippen LogP contribution in [0.25, 0.3) is 6.08 Å². The van der Waals surface area contributed by atoms with E-state index in [1.165, 1.54) is 0 Å². The number of nitrogens with one attached hydrogen (secondary N) is 2. The molecule has 0 aromatic carbocycles. The Morgan fingerprint density at radius 1 is 1.45 bits per heavy atom. The molecule has 0 aliphatic carbocycles. The van der Waals surface area contributed by atoms with Crippen LogP contribution in [0.5, 0.6) is 0 Å². The number of hydrazone groups is 1. The van der Waals surface area contributed by atoms with E-state index in [1.54, 1.807) is 26.8 Å². The molecule has 0 unspecified atom stereocenters. The second-order valence-electron chi connectivity index (χ2n) is 4.32. The summed E-state index contributed by atoms with van der Waals surface area (Å²) < 4.78 is 5.25. The lowest BCUT2D eigenvalue weighted by Crippen LogP contribution is -2.14. The van der Waals surface area contributed by atoms with Crippen LogP contribution in [0.2, 0.25) is 0 Å². The van der Waals surface area contributed by atoms with Crippen LogP contribution >= 0.6 is 0 Å². The second kappa shape index (κ2) is 5.20. The molecular formula is C13H15N3O4. The first kappa shape index (κ1) is 13.9. The number of nitrogens with zero attached hydrogens (tertiary/aromatic N) is 1. The lowest BCUT2D eigenvalue weighted by atomic mass is 10.1. The van der Waals surface area contributed by atoms with Gasteiger partial charge in [0.2, 0.25) is 5.90 Å². The van der Waals surface area contributed by atoms with Gasteiger partial charge >= 0.3 is 5.97 Å². The Hall–Kier alpha value is -2.57. The van der Waals surface area contributed by atoms with Crippen LogP contribution in [-0.4, -0.2) is 34.5 Å². The zero-order valence-corrected chi connectivity index (χ0v) is 11.4. The summed E-state index contributed by atoms with van der Waals surface area (Å²) >= 11 is 0. The summed E-state index contributed by atoms with van der Waals surface area (Å²) in [6.07, 6.45) is 1.55. The Labute approximate surface area is 115 Å². The lowest BCUT2D eigenvalue weighted by Gasteiger charge is -2.01. The quantitative estimate of drug-likeness (QED) is 0.722. The van der Waals surface area contributed by atoms with E-state index in [4.69, 9.17) is 9.84 Å². The molecule has 0 saturated heterocycles. The molecule has 2 rings (SSSR count). The standard InChI is InChI=1S/C13H15N3O4/c1-4-20-12-8(11(17)15-16-12)5-9-6(2)10(13(18)19)7(3)14-9/h5,14H,4H2,1-3H3,(H,15,17)(H,18,19)/b8-5-. The van der Waals surface area contributed by atoms with Gasteiger partial charge < -0.3 is 14.8 Å². The lowest BCUT2D eigenvalue weighted by molar-refractivity contribution is -0.116. The van der Waals surface area contributed by atoms with Gasteiger partial charge in [-0.05, 0) is 32.4 Å². The average molecular weight is 277 g/mol. The molecule has 1 aliphatic heterocycles. The summed E-state index contributed by atoms with van der Waals surface area (Å²) in [5.41, 5.74) is 4.46. The Morgan fingerprint density at radius 3 is 2.70 bits per heavy atom. The molecule has 7 heteroatoms. The SMILES string of the molecule is CCOC1=NNC(=O)/C1=C/c1[nH]c(C)c(C(=O)O)c1C. The van der Waals surface area contributed by atoms with Crippen molar-refractivity contribution in [2.24, 2.45) is 5.10 Å². The number of H-pyrrole nitrogens is 1. The highest BCUT2D eigenvalue weighted by molar-refractivity contribution is 6.24. The number of carboxylic acid groups (broad SMARTS) is 1. The number of aromatic nitrogens is 1. The normalized spacial score (nSPS) is 16.2. The molecule has 1 aromatic heterocycles. The minimum absolute atomic E-state index is 0.209. The highest BCUT2D eigenvalue weighted by Gasteiger charge is 2.25. The number of hydrogen-bond donors (Lipinski definition) is 3. The Kier molecular flexibility index (Phi) is 3.60. The summed E-state index contributed by atoms with van der Waals surface area (Å²) in [6, 6.07) is 0. The van der Waals surface area contributed by atoms with E-state index in [0.29, 0.717) is 23.6 Å². The van der Waals surface area contributed by atoms with E-state index in [0.717, 1.165) is 0 Å². The van der Waals surface area contributed by atoms with Crippen molar-refractivity contribution in [3.8, 4) is 0 Å². The first-order valence-corrected chi connectivity index (χ1v) is 6.11. The Morgan fingerprint density at radius 2 is 2.15 bits per heavy atom. The highest BCUT2D eigenvalue weighted by Crippen LogP contribution is 2.21. The monoisotopic (exact) mass is 277 g/mol. The number of aromatic amines is 1. The molecule has 20 heavy (non-hydrogen) atoms. The number of hydrogen-bond acceptors (Lipinski definition) is 4. The molecular weight excluding hydrogens is 262 g/mol. The molecule has 1 aliphatic rings. The number of carbonyl (C=O) groups is 2. The minimum atomic E-state index is -1.00. The zero-order valence-electron chi connectivity index (χ0n) is 11.4. The number of carbonyl (C=O) groups excluding carboxylic acids is 1. The fourth-order valence-electron chi connectivity index (χ4n) is 2.08. The average Bonchev–Trinajstić information content (AvgIpc) is 2.84. The fourth-order valence-corrected chi connectivity index (χ4v) is 2.08. The molecule has 0 bridgehead atoms. The smallest absolute Gasteiger partial charge is 0.337 e. The van der Waals surface area contributed by atoms with Crippen molar-refractivity contribution in [2.75, 3.05) is 6.61 Å². The van der Waals surface area contributed by atoms with Crippen LogP contribution < -0.4 is 5.43 Å². The van der Waals surface area contributed by atoms with Crippen molar-refractivity contribution in [3.63, 3.8) is 0 Å². The second-order valence-corrected chi connectivity index (χ2v) is 4.32. The largest absolute Gasteiger partial charge is 0.478 e. The number of carboxylic acids is 1. The molecule has 2 heterocycles. The van der Waals surface area contributed by atoms with Gasteiger partial charge in [-0.15, -0.1) is 5.10 Å². The van der Waals surface area contributed by atoms with Gasteiger partial charge in [0.25, 0.3) is 5.91 Å². The van der Waals surface area contributed by atoms with Crippen LogP contribution in [0, 0.1) is 13.8 Å². The molecule has 106 valence electrons. The number of amides is 1. The van der Waals surface area contributed by atoms with Crippen LogP contribution in [0.1, 0.15) is 34.2 Å². The molecule has 1 aromatic rings. The van der Waals surface area contributed by atoms with Gasteiger partial charge in [-0.3, -0.25) is 4.79 Å². The van der Waals surface area contributed by atoms with Gasteiger partial charge in [0.05, 0.1) is 12.2 Å². The van der Waals surface area contributed by atoms with Gasteiger partial charge in [0.15, 0.2) is 0 Å². The summed E-state index contributed by atoms with van der Waals surface area (Å²) in [4.78, 5) is 25.8. The minimum Gasteiger partial charge on any atom is -0.478 e. The molecule has 1 amide bonds. The Balaban J connectivity index is 2.45. The van der Waals surface area contributed by atoms with Gasteiger partial charge in [-0.2, -0.15) is 0 Å². The topological polar surface area (TPSA) is 104 Å². The third kappa shape index (κ3) is 2.29. The number of aryl methyl sites for hydroxylation is 1. The number of ether oxygens (including phenoxy) is 1. The van der Waals surface area contributed by atoms with Gasteiger partial charge in [0, 0.05) is 11.4 Å². The van der Waals surface area contributed by atoms with Crippen LogP contribution in [0.15, 0.2) is 10.7 Å².